The molecule has 21 heavy (non-hydrogen) atoms. The van der Waals surface area contributed by atoms with Crippen molar-refractivity contribution in [1.29, 1.82) is 0 Å². The molecule has 1 aromatic heterocycles. The van der Waals surface area contributed by atoms with E-state index in [9.17, 15) is 14.3 Å². The highest BCUT2D eigenvalue weighted by Gasteiger charge is 2.23. The van der Waals surface area contributed by atoms with E-state index in [1.54, 1.807) is 11.0 Å². The van der Waals surface area contributed by atoms with Gasteiger partial charge in [0.25, 0.3) is 0 Å². The SMILES string of the molecule is Cc1[nH]c2ccc(F)cc2c1CC(=O)N1CCCC(O)C1. The van der Waals surface area contributed by atoms with Crippen LogP contribution in [0, 0.1) is 12.7 Å². The van der Waals surface area contributed by atoms with Crippen LogP contribution in [0.2, 0.25) is 0 Å². The molecule has 1 saturated heterocycles. The first-order valence-electron chi connectivity index (χ1n) is 7.27. The Morgan fingerprint density at radius 2 is 2.33 bits per heavy atom. The lowest BCUT2D eigenvalue weighted by molar-refractivity contribution is -0.133. The van der Waals surface area contributed by atoms with E-state index in [1.165, 1.54) is 12.1 Å². The molecule has 1 aromatic carbocycles. The molecule has 1 fully saturated rings. The van der Waals surface area contributed by atoms with Gasteiger partial charge in [-0.15, -0.1) is 0 Å². The van der Waals surface area contributed by atoms with Crippen LogP contribution in [0.3, 0.4) is 0 Å². The number of aromatic nitrogens is 1. The van der Waals surface area contributed by atoms with Crippen molar-refractivity contribution in [3.63, 3.8) is 0 Å². The standard InChI is InChI=1S/C16H19FN2O2/c1-10-13(14-7-11(17)4-5-15(14)18-10)8-16(21)19-6-2-3-12(20)9-19/h4-5,7,12,18,20H,2-3,6,8-9H2,1H3. The fourth-order valence-corrected chi connectivity index (χ4v) is 3.03. The number of piperidine rings is 1. The van der Waals surface area contributed by atoms with Gasteiger partial charge < -0.3 is 15.0 Å². The summed E-state index contributed by atoms with van der Waals surface area (Å²) in [7, 11) is 0. The third-order valence-electron chi connectivity index (χ3n) is 4.16. The molecular weight excluding hydrogens is 271 g/mol. The second-order valence-electron chi connectivity index (χ2n) is 5.73. The minimum Gasteiger partial charge on any atom is -0.391 e. The van der Waals surface area contributed by atoms with Gasteiger partial charge in [0.15, 0.2) is 0 Å². The summed E-state index contributed by atoms with van der Waals surface area (Å²) in [6, 6.07) is 4.56. The number of rotatable bonds is 2. The van der Waals surface area contributed by atoms with E-state index in [1.807, 2.05) is 6.92 Å². The molecule has 5 heteroatoms. The number of hydrogen-bond acceptors (Lipinski definition) is 2. The van der Waals surface area contributed by atoms with Gasteiger partial charge in [0.05, 0.1) is 12.5 Å². The van der Waals surface area contributed by atoms with Crippen LogP contribution in [0.5, 0.6) is 0 Å². The minimum atomic E-state index is -0.427. The fourth-order valence-electron chi connectivity index (χ4n) is 3.03. The van der Waals surface area contributed by atoms with E-state index in [4.69, 9.17) is 0 Å². The van der Waals surface area contributed by atoms with Crippen molar-refractivity contribution < 1.29 is 14.3 Å². The van der Waals surface area contributed by atoms with Gasteiger partial charge in [-0.25, -0.2) is 4.39 Å². The number of H-pyrrole nitrogens is 1. The first kappa shape index (κ1) is 14.1. The number of carbonyl (C=O) groups is 1. The van der Waals surface area contributed by atoms with Crippen LogP contribution in [0.15, 0.2) is 18.2 Å². The number of fused-ring (bicyclic) bond motifs is 1. The molecule has 2 aromatic rings. The number of halogens is 1. The Morgan fingerprint density at radius 3 is 3.10 bits per heavy atom. The van der Waals surface area contributed by atoms with E-state index < -0.39 is 6.10 Å². The lowest BCUT2D eigenvalue weighted by atomic mass is 10.0. The molecule has 1 aliphatic rings. The number of β-amino-alcohol motifs (C(OH)–C–C–N with tert-alkyl or cyclic N) is 1. The van der Waals surface area contributed by atoms with Gasteiger partial charge in [0.1, 0.15) is 5.82 Å². The van der Waals surface area contributed by atoms with Gasteiger partial charge in [-0.05, 0) is 43.5 Å². The third kappa shape index (κ3) is 2.78. The van der Waals surface area contributed by atoms with E-state index >= 15 is 0 Å². The van der Waals surface area contributed by atoms with Crippen LogP contribution < -0.4 is 0 Å². The van der Waals surface area contributed by atoms with E-state index in [0.717, 1.165) is 35.0 Å². The number of amides is 1. The topological polar surface area (TPSA) is 56.3 Å². The number of nitrogens with zero attached hydrogens (tertiary/aromatic N) is 1. The molecule has 3 rings (SSSR count). The average Bonchev–Trinajstić information content (AvgIpc) is 2.75. The van der Waals surface area contributed by atoms with Crippen molar-refractivity contribution >= 4 is 16.8 Å². The predicted molar refractivity (Wildman–Crippen MR) is 78.5 cm³/mol. The van der Waals surface area contributed by atoms with E-state index in [0.29, 0.717) is 13.1 Å². The summed E-state index contributed by atoms with van der Waals surface area (Å²) in [5, 5.41) is 10.4. The highest BCUT2D eigenvalue weighted by Crippen LogP contribution is 2.24. The second kappa shape index (κ2) is 5.48. The van der Waals surface area contributed by atoms with Crippen LogP contribution in [-0.4, -0.2) is 40.1 Å². The molecule has 0 bridgehead atoms. The molecule has 1 atom stereocenters. The highest BCUT2D eigenvalue weighted by molar-refractivity contribution is 5.90. The average molecular weight is 290 g/mol. The molecular formula is C16H19FN2O2. The van der Waals surface area contributed by atoms with Crippen molar-refractivity contribution in [2.24, 2.45) is 0 Å². The molecule has 112 valence electrons. The van der Waals surface area contributed by atoms with Gasteiger partial charge in [0, 0.05) is 29.7 Å². The fraction of sp³-hybridized carbons (Fsp3) is 0.438. The number of aliphatic hydroxyl groups is 1. The summed E-state index contributed by atoms with van der Waals surface area (Å²) in [6.45, 7) is 2.98. The van der Waals surface area contributed by atoms with Gasteiger partial charge in [-0.2, -0.15) is 0 Å². The molecule has 1 aliphatic heterocycles. The highest BCUT2D eigenvalue weighted by atomic mass is 19.1. The lowest BCUT2D eigenvalue weighted by Crippen LogP contribution is -2.42. The zero-order valence-corrected chi connectivity index (χ0v) is 12.0. The Kier molecular flexibility index (Phi) is 3.68. The van der Waals surface area contributed by atoms with Crippen molar-refractivity contribution in [2.75, 3.05) is 13.1 Å². The van der Waals surface area contributed by atoms with Gasteiger partial charge in [0.2, 0.25) is 5.91 Å². The van der Waals surface area contributed by atoms with Gasteiger partial charge in [-0.1, -0.05) is 0 Å². The smallest absolute Gasteiger partial charge is 0.227 e. The Balaban J connectivity index is 1.85. The van der Waals surface area contributed by atoms with Crippen LogP contribution in [-0.2, 0) is 11.2 Å². The normalized spacial score (nSPS) is 19.2. The number of carbonyl (C=O) groups excluding carboxylic acids is 1. The summed E-state index contributed by atoms with van der Waals surface area (Å²) < 4.78 is 13.4. The molecule has 4 nitrogen and oxygen atoms in total. The summed E-state index contributed by atoms with van der Waals surface area (Å²) >= 11 is 0. The van der Waals surface area contributed by atoms with Crippen LogP contribution in [0.4, 0.5) is 4.39 Å². The number of likely N-dealkylation sites (tertiary alicyclic amines) is 1. The van der Waals surface area contributed by atoms with Crippen LogP contribution >= 0.6 is 0 Å². The van der Waals surface area contributed by atoms with Gasteiger partial charge in [-0.3, -0.25) is 4.79 Å². The number of hydrogen-bond donors (Lipinski definition) is 2. The van der Waals surface area contributed by atoms with Crippen molar-refractivity contribution in [3.05, 3.63) is 35.3 Å². The largest absolute Gasteiger partial charge is 0.391 e. The number of benzene rings is 1. The molecule has 0 saturated carbocycles. The first-order valence-corrected chi connectivity index (χ1v) is 7.27. The first-order chi connectivity index (χ1) is 10.0. The molecule has 0 spiro atoms. The molecule has 2 N–H and O–H groups in total. The minimum absolute atomic E-state index is 0.0120. The summed E-state index contributed by atoms with van der Waals surface area (Å²) in [6.07, 6.45) is 1.39. The van der Waals surface area contributed by atoms with Crippen LogP contribution in [0.25, 0.3) is 10.9 Å². The van der Waals surface area contributed by atoms with E-state index in [2.05, 4.69) is 4.98 Å². The molecule has 1 unspecified atom stereocenters. The number of aliphatic hydroxyl groups excluding tert-OH is 1. The van der Waals surface area contributed by atoms with Crippen molar-refractivity contribution in [3.8, 4) is 0 Å². The quantitative estimate of drug-likeness (QED) is 0.890. The Labute approximate surface area is 122 Å². The number of aromatic amines is 1. The predicted octanol–water partition coefficient (Wildman–Crippen LogP) is 2.14. The monoisotopic (exact) mass is 290 g/mol. The number of nitrogens with one attached hydrogen (secondary N) is 1. The Morgan fingerprint density at radius 1 is 1.52 bits per heavy atom. The molecule has 1 amide bonds. The molecule has 2 heterocycles. The third-order valence-corrected chi connectivity index (χ3v) is 4.16. The summed E-state index contributed by atoms with van der Waals surface area (Å²) in [4.78, 5) is 17.3. The Hall–Kier alpha value is -1.88. The second-order valence-corrected chi connectivity index (χ2v) is 5.73. The zero-order valence-electron chi connectivity index (χ0n) is 12.0. The summed E-state index contributed by atoms with van der Waals surface area (Å²) in [5.41, 5.74) is 2.58. The summed E-state index contributed by atoms with van der Waals surface area (Å²) in [5.74, 6) is -0.314. The zero-order chi connectivity index (χ0) is 15.0. The van der Waals surface area contributed by atoms with Crippen LogP contribution in [0.1, 0.15) is 24.1 Å². The Bertz CT molecular complexity index is 680. The lowest BCUT2D eigenvalue weighted by Gasteiger charge is -2.30. The maximum atomic E-state index is 13.4. The van der Waals surface area contributed by atoms with Crippen molar-refractivity contribution in [1.82, 2.24) is 9.88 Å². The van der Waals surface area contributed by atoms with Gasteiger partial charge >= 0.3 is 0 Å². The number of aryl methyl sites for hydroxylation is 1. The maximum Gasteiger partial charge on any atom is 0.227 e. The molecule has 0 radical (unpaired) electrons. The maximum absolute atomic E-state index is 13.4. The van der Waals surface area contributed by atoms with E-state index in [-0.39, 0.29) is 18.1 Å². The van der Waals surface area contributed by atoms with Crippen molar-refractivity contribution in [2.45, 2.75) is 32.3 Å². The molecule has 0 aliphatic carbocycles.